The molecule has 0 fully saturated rings. The van der Waals surface area contributed by atoms with Crippen LogP contribution in [0.3, 0.4) is 0 Å². The number of hydrogen-bond donors (Lipinski definition) is 0. The largest absolute Gasteiger partial charge is 0.223 e. The minimum Gasteiger partial charge on any atom is -0.223 e. The third kappa shape index (κ3) is 3.50. The molecule has 0 radical (unpaired) electrons. The fourth-order valence-corrected chi connectivity index (χ4v) is 3.11. The van der Waals surface area contributed by atoms with Gasteiger partial charge < -0.3 is 0 Å². The van der Waals surface area contributed by atoms with Crippen LogP contribution in [0, 0.1) is 0 Å². The Morgan fingerprint density at radius 3 is 2.20 bits per heavy atom. The number of sulfone groups is 1. The first kappa shape index (κ1) is 14.8. The van der Waals surface area contributed by atoms with E-state index in [1.807, 2.05) is 36.4 Å². The molecule has 2 rings (SSSR count). The molecule has 2 aromatic carbocycles. The third-order valence-corrected chi connectivity index (χ3v) is 5.31. The molecule has 4 heteroatoms. The molecule has 104 valence electrons. The summed E-state index contributed by atoms with van der Waals surface area (Å²) in [5.74, 6) is 0. The Labute approximate surface area is 124 Å². The van der Waals surface area contributed by atoms with Crippen LogP contribution in [0.2, 0.25) is 5.02 Å². The maximum Gasteiger partial charge on any atom is 0.184 e. The van der Waals surface area contributed by atoms with Gasteiger partial charge in [0.05, 0.1) is 10.1 Å². The van der Waals surface area contributed by atoms with Crippen LogP contribution >= 0.6 is 11.6 Å². The van der Waals surface area contributed by atoms with E-state index in [0.29, 0.717) is 5.02 Å². The van der Waals surface area contributed by atoms with Crippen molar-refractivity contribution in [1.29, 1.82) is 0 Å². The zero-order chi connectivity index (χ0) is 14.6. The van der Waals surface area contributed by atoms with Crippen molar-refractivity contribution in [1.82, 2.24) is 0 Å². The average Bonchev–Trinajstić information content (AvgIpc) is 2.46. The van der Waals surface area contributed by atoms with Crippen molar-refractivity contribution >= 4 is 27.5 Å². The highest BCUT2D eigenvalue weighted by molar-refractivity contribution is 7.92. The van der Waals surface area contributed by atoms with Crippen molar-refractivity contribution in [2.45, 2.75) is 17.1 Å². The molecule has 0 heterocycles. The van der Waals surface area contributed by atoms with Gasteiger partial charge in [0, 0.05) is 5.02 Å². The minimum absolute atomic E-state index is 0.284. The van der Waals surface area contributed by atoms with E-state index in [1.165, 1.54) is 12.1 Å². The van der Waals surface area contributed by atoms with Crippen LogP contribution < -0.4 is 0 Å². The van der Waals surface area contributed by atoms with Gasteiger partial charge in [0.1, 0.15) is 0 Å². The Bertz CT molecular complexity index is 689. The van der Waals surface area contributed by atoms with Crippen molar-refractivity contribution in [3.63, 3.8) is 0 Å². The molecule has 0 aliphatic carbocycles. The second-order valence-electron chi connectivity index (χ2n) is 4.47. The molecule has 1 atom stereocenters. The number of halogens is 1. The van der Waals surface area contributed by atoms with Gasteiger partial charge in [0.15, 0.2) is 9.84 Å². The fourth-order valence-electron chi connectivity index (χ4n) is 1.75. The van der Waals surface area contributed by atoms with Gasteiger partial charge in [-0.25, -0.2) is 8.42 Å². The van der Waals surface area contributed by atoms with E-state index in [0.717, 1.165) is 5.56 Å². The lowest BCUT2D eigenvalue weighted by Crippen LogP contribution is -2.15. The zero-order valence-electron chi connectivity index (χ0n) is 11.0. The molecule has 0 aromatic heterocycles. The van der Waals surface area contributed by atoms with Crippen LogP contribution in [0.5, 0.6) is 0 Å². The van der Waals surface area contributed by atoms with E-state index in [9.17, 15) is 8.42 Å². The summed E-state index contributed by atoms with van der Waals surface area (Å²) in [5.41, 5.74) is 0.977. The van der Waals surface area contributed by atoms with Crippen molar-refractivity contribution in [2.24, 2.45) is 0 Å². The molecule has 0 aliphatic rings. The van der Waals surface area contributed by atoms with E-state index < -0.39 is 15.1 Å². The van der Waals surface area contributed by atoms with Crippen LogP contribution in [0.1, 0.15) is 12.5 Å². The molecule has 0 aliphatic heterocycles. The average molecular weight is 307 g/mol. The summed E-state index contributed by atoms with van der Waals surface area (Å²) >= 11 is 5.77. The smallest absolute Gasteiger partial charge is 0.184 e. The molecule has 20 heavy (non-hydrogen) atoms. The highest BCUT2D eigenvalue weighted by Crippen LogP contribution is 2.20. The number of benzene rings is 2. The summed E-state index contributed by atoms with van der Waals surface area (Å²) in [4.78, 5) is 0.284. The van der Waals surface area contributed by atoms with Crippen molar-refractivity contribution in [3.8, 4) is 0 Å². The topological polar surface area (TPSA) is 34.1 Å². The van der Waals surface area contributed by atoms with E-state index in [4.69, 9.17) is 11.6 Å². The Morgan fingerprint density at radius 2 is 1.60 bits per heavy atom. The van der Waals surface area contributed by atoms with Gasteiger partial charge in [-0.2, -0.15) is 0 Å². The lowest BCUT2D eigenvalue weighted by Gasteiger charge is -2.09. The van der Waals surface area contributed by atoms with Gasteiger partial charge in [0.2, 0.25) is 0 Å². The van der Waals surface area contributed by atoms with Crippen LogP contribution in [0.25, 0.3) is 6.08 Å². The number of rotatable bonds is 4. The van der Waals surface area contributed by atoms with Crippen LogP contribution in [0.15, 0.2) is 65.6 Å². The second-order valence-corrected chi connectivity index (χ2v) is 7.22. The molecule has 0 saturated heterocycles. The van der Waals surface area contributed by atoms with Crippen LogP contribution in [-0.2, 0) is 9.84 Å². The Balaban J connectivity index is 2.21. The van der Waals surface area contributed by atoms with Gasteiger partial charge in [0.25, 0.3) is 0 Å². The molecular formula is C16H15ClO2S. The Morgan fingerprint density at radius 1 is 1.00 bits per heavy atom. The summed E-state index contributed by atoms with van der Waals surface area (Å²) in [6.07, 6.45) is 3.51. The second kappa shape index (κ2) is 6.25. The van der Waals surface area contributed by atoms with Crippen LogP contribution in [-0.4, -0.2) is 13.7 Å². The zero-order valence-corrected chi connectivity index (χ0v) is 12.6. The first-order valence-corrected chi connectivity index (χ1v) is 8.15. The quantitative estimate of drug-likeness (QED) is 0.847. The maximum absolute atomic E-state index is 12.4. The SMILES string of the molecule is CC(/C=C/c1ccccc1)S(=O)(=O)c1ccc(Cl)cc1. The Kier molecular flexibility index (Phi) is 4.63. The summed E-state index contributed by atoms with van der Waals surface area (Å²) in [7, 11) is -3.37. The fraction of sp³-hybridized carbons (Fsp3) is 0.125. The molecule has 2 aromatic rings. The lowest BCUT2D eigenvalue weighted by molar-refractivity contribution is 0.591. The van der Waals surface area contributed by atoms with Gasteiger partial charge in [-0.05, 0) is 36.8 Å². The minimum atomic E-state index is -3.37. The molecule has 1 unspecified atom stereocenters. The standard InChI is InChI=1S/C16H15ClO2S/c1-13(7-8-14-5-3-2-4-6-14)20(18,19)16-11-9-15(17)10-12-16/h2-13H,1H3/b8-7+. The van der Waals surface area contributed by atoms with Gasteiger partial charge in [-0.15, -0.1) is 0 Å². The normalized spacial score (nSPS) is 13.5. The molecular weight excluding hydrogens is 292 g/mol. The van der Waals surface area contributed by atoms with E-state index in [1.54, 1.807) is 25.1 Å². The van der Waals surface area contributed by atoms with E-state index in [-0.39, 0.29) is 4.90 Å². The molecule has 0 amide bonds. The first-order valence-electron chi connectivity index (χ1n) is 6.23. The Hall–Kier alpha value is -1.58. The number of hydrogen-bond acceptors (Lipinski definition) is 2. The van der Waals surface area contributed by atoms with Gasteiger partial charge in [-0.1, -0.05) is 54.1 Å². The summed E-state index contributed by atoms with van der Waals surface area (Å²) in [6.45, 7) is 1.67. The highest BCUT2D eigenvalue weighted by atomic mass is 35.5. The summed E-state index contributed by atoms with van der Waals surface area (Å²) in [5, 5.41) is -0.0692. The predicted octanol–water partition coefficient (Wildman–Crippen LogP) is 4.22. The molecule has 0 saturated carbocycles. The third-order valence-electron chi connectivity index (χ3n) is 2.99. The van der Waals surface area contributed by atoms with E-state index >= 15 is 0 Å². The van der Waals surface area contributed by atoms with Crippen molar-refractivity contribution in [3.05, 3.63) is 71.3 Å². The maximum atomic E-state index is 12.4. The summed E-state index contributed by atoms with van der Waals surface area (Å²) < 4.78 is 24.7. The van der Waals surface area contributed by atoms with Gasteiger partial charge in [-0.3, -0.25) is 0 Å². The van der Waals surface area contributed by atoms with Crippen molar-refractivity contribution < 1.29 is 8.42 Å². The van der Waals surface area contributed by atoms with Gasteiger partial charge >= 0.3 is 0 Å². The van der Waals surface area contributed by atoms with Crippen LogP contribution in [0.4, 0.5) is 0 Å². The molecule has 0 bridgehead atoms. The predicted molar refractivity (Wildman–Crippen MR) is 83.6 cm³/mol. The molecule has 2 nitrogen and oxygen atoms in total. The first-order chi connectivity index (χ1) is 9.50. The summed E-state index contributed by atoms with van der Waals surface area (Å²) in [6, 6.07) is 15.8. The van der Waals surface area contributed by atoms with E-state index in [2.05, 4.69) is 0 Å². The monoisotopic (exact) mass is 306 g/mol. The van der Waals surface area contributed by atoms with Crippen molar-refractivity contribution in [2.75, 3.05) is 0 Å². The lowest BCUT2D eigenvalue weighted by atomic mass is 10.2. The molecule has 0 N–H and O–H groups in total. The highest BCUT2D eigenvalue weighted by Gasteiger charge is 2.20. The molecule has 0 spiro atoms.